The van der Waals surface area contributed by atoms with Gasteiger partial charge >= 0.3 is 5.97 Å². The first-order valence-electron chi connectivity index (χ1n) is 7.49. The van der Waals surface area contributed by atoms with Crippen molar-refractivity contribution in [1.82, 2.24) is 4.57 Å². The van der Waals surface area contributed by atoms with Gasteiger partial charge in [-0.2, -0.15) is 0 Å². The minimum absolute atomic E-state index is 0.0910. The van der Waals surface area contributed by atoms with Gasteiger partial charge in [0, 0.05) is 31.3 Å². The van der Waals surface area contributed by atoms with Gasteiger partial charge < -0.3 is 14.0 Å². The molecular weight excluding hydrogens is 282 g/mol. The molecule has 0 unspecified atom stereocenters. The molecule has 0 spiro atoms. The number of hydrogen-bond donors (Lipinski definition) is 0. The minimum atomic E-state index is -0.587. The molecule has 0 radical (unpaired) electrons. The van der Waals surface area contributed by atoms with Gasteiger partial charge in [-0.05, 0) is 30.9 Å². The van der Waals surface area contributed by atoms with E-state index < -0.39 is 5.97 Å². The van der Waals surface area contributed by atoms with Crippen LogP contribution >= 0.6 is 0 Å². The summed E-state index contributed by atoms with van der Waals surface area (Å²) in [7, 11) is 1.29. The molecule has 22 heavy (non-hydrogen) atoms. The molecule has 1 aromatic carbocycles. The lowest BCUT2D eigenvalue weighted by Crippen LogP contribution is -2.24. The van der Waals surface area contributed by atoms with E-state index in [2.05, 4.69) is 0 Å². The molecule has 1 fully saturated rings. The Morgan fingerprint density at radius 1 is 1.32 bits per heavy atom. The number of para-hydroxylation sites is 1. The van der Waals surface area contributed by atoms with E-state index in [1.165, 1.54) is 7.11 Å². The van der Waals surface area contributed by atoms with E-state index in [1.807, 2.05) is 22.8 Å². The molecule has 116 valence electrons. The maximum atomic E-state index is 12.4. The third-order valence-electron chi connectivity index (χ3n) is 4.19. The highest BCUT2D eigenvalue weighted by Gasteiger charge is 2.19. The van der Waals surface area contributed by atoms with E-state index in [-0.39, 0.29) is 11.0 Å². The van der Waals surface area contributed by atoms with E-state index in [0.717, 1.165) is 38.1 Å². The normalized spacial score (nSPS) is 15.9. The fourth-order valence-corrected chi connectivity index (χ4v) is 2.96. The molecule has 5 heteroatoms. The van der Waals surface area contributed by atoms with Crippen molar-refractivity contribution < 1.29 is 14.3 Å². The van der Waals surface area contributed by atoms with Gasteiger partial charge in [0.1, 0.15) is 5.56 Å². The molecule has 1 aliphatic rings. The molecule has 0 N–H and O–H groups in total. The van der Waals surface area contributed by atoms with E-state index >= 15 is 0 Å². The van der Waals surface area contributed by atoms with E-state index in [0.29, 0.717) is 11.3 Å². The Kier molecular flexibility index (Phi) is 4.24. The van der Waals surface area contributed by atoms with Gasteiger partial charge in [-0.25, -0.2) is 4.79 Å². The summed E-state index contributed by atoms with van der Waals surface area (Å²) in [5, 5.41) is 0.553. The molecule has 3 rings (SSSR count). The number of pyridine rings is 1. The lowest BCUT2D eigenvalue weighted by atomic mass is 9.99. The molecule has 2 aromatic rings. The molecule has 0 bridgehead atoms. The third-order valence-corrected chi connectivity index (χ3v) is 4.19. The van der Waals surface area contributed by atoms with Crippen LogP contribution in [0.15, 0.2) is 35.3 Å². The van der Waals surface area contributed by atoms with Crippen LogP contribution in [0.3, 0.4) is 0 Å². The lowest BCUT2D eigenvalue weighted by Gasteiger charge is -2.24. The quantitative estimate of drug-likeness (QED) is 0.816. The highest BCUT2D eigenvalue weighted by Crippen LogP contribution is 2.20. The maximum absolute atomic E-state index is 12.4. The summed E-state index contributed by atoms with van der Waals surface area (Å²) in [6.45, 7) is 2.31. The third kappa shape index (κ3) is 2.76. The minimum Gasteiger partial charge on any atom is -0.465 e. The van der Waals surface area contributed by atoms with Crippen molar-refractivity contribution >= 4 is 16.9 Å². The number of methoxy groups -OCH3 is 1. The summed E-state index contributed by atoms with van der Waals surface area (Å²) in [5.41, 5.74) is 0.672. The smallest absolute Gasteiger partial charge is 0.343 e. The Balaban J connectivity index is 2.09. The van der Waals surface area contributed by atoms with Crippen molar-refractivity contribution in [2.75, 3.05) is 20.3 Å². The molecule has 2 heterocycles. The number of carbonyl (C=O) groups is 1. The van der Waals surface area contributed by atoms with Crippen LogP contribution in [0.5, 0.6) is 0 Å². The molecule has 1 saturated heterocycles. The Labute approximate surface area is 128 Å². The molecule has 0 saturated carbocycles. The molecule has 0 aliphatic carbocycles. The number of ether oxygens (including phenoxy) is 2. The van der Waals surface area contributed by atoms with Crippen molar-refractivity contribution in [2.24, 2.45) is 5.92 Å². The monoisotopic (exact) mass is 301 g/mol. The molecule has 1 aliphatic heterocycles. The Morgan fingerprint density at radius 3 is 2.77 bits per heavy atom. The van der Waals surface area contributed by atoms with Crippen LogP contribution in [0.1, 0.15) is 23.2 Å². The summed E-state index contributed by atoms with van der Waals surface area (Å²) in [6, 6.07) is 7.38. The summed E-state index contributed by atoms with van der Waals surface area (Å²) >= 11 is 0. The number of esters is 1. The lowest BCUT2D eigenvalue weighted by molar-refractivity contribution is 0.0589. The first kappa shape index (κ1) is 14.8. The van der Waals surface area contributed by atoms with Crippen molar-refractivity contribution in [3.05, 3.63) is 46.2 Å². The fraction of sp³-hybridized carbons (Fsp3) is 0.412. The van der Waals surface area contributed by atoms with Crippen LogP contribution in [0.25, 0.3) is 10.9 Å². The first-order valence-corrected chi connectivity index (χ1v) is 7.49. The zero-order chi connectivity index (χ0) is 15.5. The van der Waals surface area contributed by atoms with Gasteiger partial charge in [-0.15, -0.1) is 0 Å². The number of fused-ring (bicyclic) bond motifs is 1. The Morgan fingerprint density at radius 2 is 2.05 bits per heavy atom. The van der Waals surface area contributed by atoms with Gasteiger partial charge in [0.25, 0.3) is 0 Å². The van der Waals surface area contributed by atoms with Gasteiger partial charge in [-0.3, -0.25) is 4.79 Å². The van der Waals surface area contributed by atoms with Crippen LogP contribution < -0.4 is 5.43 Å². The largest absolute Gasteiger partial charge is 0.465 e. The molecule has 1 aromatic heterocycles. The zero-order valence-corrected chi connectivity index (χ0v) is 12.6. The number of hydrogen-bond acceptors (Lipinski definition) is 4. The van der Waals surface area contributed by atoms with Crippen molar-refractivity contribution in [3.63, 3.8) is 0 Å². The predicted molar refractivity (Wildman–Crippen MR) is 83.1 cm³/mol. The van der Waals surface area contributed by atoms with Crippen molar-refractivity contribution in [3.8, 4) is 0 Å². The number of nitrogens with zero attached hydrogens (tertiary/aromatic N) is 1. The summed E-state index contributed by atoms with van der Waals surface area (Å²) in [4.78, 5) is 24.3. The molecule has 0 amide bonds. The predicted octanol–water partition coefficient (Wildman–Crippen LogP) is 2.21. The van der Waals surface area contributed by atoms with E-state index in [1.54, 1.807) is 12.3 Å². The summed E-state index contributed by atoms with van der Waals surface area (Å²) < 4.78 is 12.1. The van der Waals surface area contributed by atoms with Crippen LogP contribution in [0.2, 0.25) is 0 Å². The number of benzene rings is 1. The highest BCUT2D eigenvalue weighted by atomic mass is 16.5. The topological polar surface area (TPSA) is 57.5 Å². The van der Waals surface area contributed by atoms with Gasteiger partial charge in [0.2, 0.25) is 5.43 Å². The van der Waals surface area contributed by atoms with E-state index in [9.17, 15) is 9.59 Å². The standard InChI is InChI=1S/C17H19NO4/c1-21-17(20)14-11-18(10-12-6-8-22-9-7-12)15-5-3-2-4-13(15)16(14)19/h2-5,11-12H,6-10H2,1H3. The summed E-state index contributed by atoms with van der Waals surface area (Å²) in [5.74, 6) is -0.0957. The number of carbonyl (C=O) groups excluding carboxylic acids is 1. The average molecular weight is 301 g/mol. The number of rotatable bonds is 3. The van der Waals surface area contributed by atoms with Gasteiger partial charge in [-0.1, -0.05) is 12.1 Å². The van der Waals surface area contributed by atoms with Crippen molar-refractivity contribution in [2.45, 2.75) is 19.4 Å². The van der Waals surface area contributed by atoms with Crippen LogP contribution in [0.4, 0.5) is 0 Å². The van der Waals surface area contributed by atoms with Crippen LogP contribution in [-0.2, 0) is 16.0 Å². The van der Waals surface area contributed by atoms with Crippen molar-refractivity contribution in [1.29, 1.82) is 0 Å². The Hall–Kier alpha value is -2.14. The fourth-order valence-electron chi connectivity index (χ4n) is 2.96. The number of aromatic nitrogens is 1. The Bertz CT molecular complexity index is 744. The second kappa shape index (κ2) is 6.32. The first-order chi connectivity index (χ1) is 10.7. The van der Waals surface area contributed by atoms with E-state index in [4.69, 9.17) is 9.47 Å². The van der Waals surface area contributed by atoms with Crippen LogP contribution in [0, 0.1) is 5.92 Å². The SMILES string of the molecule is COC(=O)c1cn(CC2CCOCC2)c2ccccc2c1=O. The second-order valence-electron chi connectivity index (χ2n) is 5.59. The molecule has 5 nitrogen and oxygen atoms in total. The van der Waals surface area contributed by atoms with Gasteiger partial charge in [0.15, 0.2) is 0 Å². The molecular formula is C17H19NO4. The molecule has 0 atom stereocenters. The average Bonchev–Trinajstić information content (AvgIpc) is 2.58. The zero-order valence-electron chi connectivity index (χ0n) is 12.6. The summed E-state index contributed by atoms with van der Waals surface area (Å²) in [6.07, 6.45) is 3.62. The van der Waals surface area contributed by atoms with Crippen LogP contribution in [-0.4, -0.2) is 30.9 Å². The second-order valence-corrected chi connectivity index (χ2v) is 5.59. The van der Waals surface area contributed by atoms with Gasteiger partial charge in [0.05, 0.1) is 12.6 Å². The maximum Gasteiger partial charge on any atom is 0.343 e. The highest BCUT2D eigenvalue weighted by molar-refractivity contribution is 5.93.